The molecular formula is C16H19N5O5. The van der Waals surface area contributed by atoms with Crippen molar-refractivity contribution in [1.82, 2.24) is 20.4 Å². The number of nitrogens with one attached hydrogen (secondary N) is 2. The molecule has 1 aromatic carbocycles. The minimum atomic E-state index is -1.09. The first-order valence-electron chi connectivity index (χ1n) is 8.02. The number of likely N-dealkylation sites (N-methyl/N-ethyl adjacent to an activating group) is 1. The molecule has 26 heavy (non-hydrogen) atoms. The number of rotatable bonds is 6. The molecule has 2 saturated heterocycles. The second kappa shape index (κ2) is 7.30. The van der Waals surface area contributed by atoms with Crippen molar-refractivity contribution in [2.75, 3.05) is 26.7 Å². The van der Waals surface area contributed by atoms with Crippen LogP contribution in [0.15, 0.2) is 35.3 Å². The minimum Gasteiger partial charge on any atom is -0.492 e. The summed E-state index contributed by atoms with van der Waals surface area (Å²) in [5, 5.41) is 14.1. The Hall–Kier alpha value is -3.30. The maximum absolute atomic E-state index is 12.3. The number of urea groups is 1. The monoisotopic (exact) mass is 361 g/mol. The fourth-order valence-corrected chi connectivity index (χ4v) is 2.89. The van der Waals surface area contributed by atoms with E-state index in [4.69, 9.17) is 9.84 Å². The molecule has 0 aromatic heterocycles. The molecule has 2 aliphatic rings. The van der Waals surface area contributed by atoms with E-state index in [2.05, 4.69) is 15.6 Å². The maximum atomic E-state index is 12.3. The lowest BCUT2D eigenvalue weighted by molar-refractivity contribution is -0.135. The number of hydrogen-bond donors (Lipinski definition) is 3. The number of hydrogen-bond acceptors (Lipinski definition) is 5. The number of aliphatic carboxylic acids is 1. The highest BCUT2D eigenvalue weighted by molar-refractivity contribution is 6.04. The molecule has 2 fully saturated rings. The van der Waals surface area contributed by atoms with Crippen molar-refractivity contribution in [3.8, 4) is 5.75 Å². The van der Waals surface area contributed by atoms with E-state index in [1.807, 2.05) is 30.3 Å². The van der Waals surface area contributed by atoms with Crippen LogP contribution in [0.3, 0.4) is 0 Å². The number of nitrogens with zero attached hydrogens (tertiary/aromatic N) is 3. The number of carbonyl (C=O) groups excluding carboxylic acids is 2. The second-order valence-electron chi connectivity index (χ2n) is 5.83. The van der Waals surface area contributed by atoms with Crippen LogP contribution in [0, 0.1) is 0 Å². The standard InChI is InChI=1S/C16H19N5O5/c1-20-13-12(14(24)19-16(20)25)21(15(18-13)17-9-11(22)23)7-8-26-10-5-3-2-4-6-10/h2-6,12-13H,7-9H2,1H3,(H,17,18)(H,22,23)(H,19,24,25). The molecule has 10 nitrogen and oxygen atoms in total. The highest BCUT2D eigenvalue weighted by Crippen LogP contribution is 2.20. The van der Waals surface area contributed by atoms with Gasteiger partial charge in [0.25, 0.3) is 5.91 Å². The summed E-state index contributed by atoms with van der Waals surface area (Å²) in [6.07, 6.45) is -0.625. The fourth-order valence-electron chi connectivity index (χ4n) is 2.89. The molecule has 10 heteroatoms. The summed E-state index contributed by atoms with van der Waals surface area (Å²) < 4.78 is 5.65. The minimum absolute atomic E-state index is 0.246. The Morgan fingerprint density at radius 1 is 1.31 bits per heavy atom. The van der Waals surface area contributed by atoms with E-state index in [1.165, 1.54) is 4.90 Å². The van der Waals surface area contributed by atoms with Gasteiger partial charge in [0.2, 0.25) is 0 Å². The van der Waals surface area contributed by atoms with E-state index in [9.17, 15) is 14.4 Å². The smallest absolute Gasteiger partial charge is 0.325 e. The van der Waals surface area contributed by atoms with Gasteiger partial charge in [-0.1, -0.05) is 18.2 Å². The maximum Gasteiger partial charge on any atom is 0.325 e. The van der Waals surface area contributed by atoms with Crippen LogP contribution in [-0.4, -0.2) is 77.7 Å². The number of imide groups is 1. The largest absolute Gasteiger partial charge is 0.492 e. The van der Waals surface area contributed by atoms with Gasteiger partial charge in [-0.25, -0.2) is 9.79 Å². The first-order chi connectivity index (χ1) is 12.5. The molecule has 0 radical (unpaired) electrons. The van der Waals surface area contributed by atoms with Crippen LogP contribution in [-0.2, 0) is 9.59 Å². The topological polar surface area (TPSA) is 124 Å². The number of ether oxygens (including phenoxy) is 1. The van der Waals surface area contributed by atoms with Crippen LogP contribution in [0.5, 0.6) is 5.75 Å². The van der Waals surface area contributed by atoms with Gasteiger partial charge >= 0.3 is 12.0 Å². The molecule has 3 rings (SSSR count). The number of carboxylic acids is 1. The van der Waals surface area contributed by atoms with Crippen LogP contribution in [0.1, 0.15) is 0 Å². The summed E-state index contributed by atoms with van der Waals surface area (Å²) in [6.45, 7) is 0.0972. The Balaban J connectivity index is 1.75. The quantitative estimate of drug-likeness (QED) is 0.611. The van der Waals surface area contributed by atoms with Gasteiger partial charge in [0, 0.05) is 7.05 Å². The predicted molar refractivity (Wildman–Crippen MR) is 90.6 cm³/mol. The van der Waals surface area contributed by atoms with E-state index in [0.29, 0.717) is 5.75 Å². The van der Waals surface area contributed by atoms with Crippen LogP contribution < -0.4 is 15.4 Å². The summed E-state index contributed by atoms with van der Waals surface area (Å²) in [7, 11) is 1.55. The van der Waals surface area contributed by atoms with Gasteiger partial charge in [0.15, 0.2) is 12.0 Å². The number of benzene rings is 1. The Morgan fingerprint density at radius 2 is 2.04 bits per heavy atom. The number of fused-ring (bicyclic) bond motifs is 1. The van der Waals surface area contributed by atoms with E-state index >= 15 is 0 Å². The summed E-state index contributed by atoms with van der Waals surface area (Å²) in [5.74, 6) is -0.634. The summed E-state index contributed by atoms with van der Waals surface area (Å²) in [5.41, 5.74) is 0. The first-order valence-corrected chi connectivity index (χ1v) is 8.02. The summed E-state index contributed by atoms with van der Waals surface area (Å²) in [6, 6.07) is 7.94. The Morgan fingerprint density at radius 3 is 2.73 bits per heavy atom. The van der Waals surface area contributed by atoms with Gasteiger partial charge in [-0.2, -0.15) is 0 Å². The lowest BCUT2D eigenvalue weighted by atomic mass is 10.1. The number of carbonyl (C=O) groups is 3. The van der Waals surface area contributed by atoms with Crippen LogP contribution in [0.4, 0.5) is 4.79 Å². The predicted octanol–water partition coefficient (Wildman–Crippen LogP) is -0.712. The molecule has 3 N–H and O–H groups in total. The van der Waals surface area contributed by atoms with E-state index in [1.54, 1.807) is 11.9 Å². The number of guanidine groups is 1. The molecule has 0 bridgehead atoms. The third kappa shape index (κ3) is 3.53. The van der Waals surface area contributed by atoms with Crippen molar-refractivity contribution < 1.29 is 24.2 Å². The zero-order chi connectivity index (χ0) is 18.7. The van der Waals surface area contributed by atoms with Gasteiger partial charge in [0.1, 0.15) is 25.1 Å². The van der Waals surface area contributed by atoms with Crippen molar-refractivity contribution in [3.63, 3.8) is 0 Å². The van der Waals surface area contributed by atoms with Gasteiger partial charge in [-0.3, -0.25) is 14.9 Å². The molecule has 0 saturated carbocycles. The van der Waals surface area contributed by atoms with Crippen LogP contribution in [0.2, 0.25) is 0 Å². The number of para-hydroxylation sites is 1. The molecule has 0 spiro atoms. The highest BCUT2D eigenvalue weighted by atomic mass is 16.5. The molecule has 2 atom stereocenters. The number of amides is 3. The third-order valence-electron chi connectivity index (χ3n) is 4.13. The van der Waals surface area contributed by atoms with Crippen molar-refractivity contribution in [1.29, 1.82) is 0 Å². The van der Waals surface area contributed by atoms with Gasteiger partial charge in [-0.15, -0.1) is 0 Å². The van der Waals surface area contributed by atoms with Crippen molar-refractivity contribution in [3.05, 3.63) is 30.3 Å². The molecule has 2 unspecified atom stereocenters. The average molecular weight is 361 g/mol. The van der Waals surface area contributed by atoms with Gasteiger partial charge < -0.3 is 25.0 Å². The number of carboxylic acid groups (broad SMARTS) is 1. The lowest BCUT2D eigenvalue weighted by Crippen LogP contribution is -2.65. The molecule has 0 aliphatic carbocycles. The molecule has 3 amide bonds. The van der Waals surface area contributed by atoms with Crippen molar-refractivity contribution in [2.45, 2.75) is 12.2 Å². The molecule has 2 heterocycles. The second-order valence-corrected chi connectivity index (χ2v) is 5.83. The van der Waals surface area contributed by atoms with Crippen molar-refractivity contribution >= 4 is 23.9 Å². The Labute approximate surface area is 149 Å². The summed E-state index contributed by atoms with van der Waals surface area (Å²) in [4.78, 5) is 41.9. The van der Waals surface area contributed by atoms with Gasteiger partial charge in [0.05, 0.1) is 6.54 Å². The van der Waals surface area contributed by atoms with E-state index < -0.39 is 36.7 Å². The highest BCUT2D eigenvalue weighted by Gasteiger charge is 2.49. The molecule has 2 aliphatic heterocycles. The molecule has 1 aromatic rings. The van der Waals surface area contributed by atoms with Crippen molar-refractivity contribution in [2.24, 2.45) is 4.99 Å². The SMILES string of the molecule is CN1C(=O)NC(=O)C2C1NC(=NCC(=O)O)N2CCOc1ccccc1. The van der Waals surface area contributed by atoms with E-state index in [-0.39, 0.29) is 19.1 Å². The molecule has 138 valence electrons. The third-order valence-corrected chi connectivity index (χ3v) is 4.13. The number of aliphatic imine (C=N–C) groups is 1. The van der Waals surface area contributed by atoms with Gasteiger partial charge in [-0.05, 0) is 12.1 Å². The fraction of sp³-hybridized carbons (Fsp3) is 0.375. The van der Waals surface area contributed by atoms with Crippen LogP contribution >= 0.6 is 0 Å². The Bertz CT molecular complexity index is 738. The van der Waals surface area contributed by atoms with Crippen LogP contribution in [0.25, 0.3) is 0 Å². The Kier molecular flexibility index (Phi) is 4.92. The molecular weight excluding hydrogens is 342 g/mol. The van der Waals surface area contributed by atoms with E-state index in [0.717, 1.165) is 0 Å². The zero-order valence-electron chi connectivity index (χ0n) is 14.1. The first kappa shape index (κ1) is 17.5. The lowest BCUT2D eigenvalue weighted by Gasteiger charge is -2.35. The summed E-state index contributed by atoms with van der Waals surface area (Å²) >= 11 is 0. The zero-order valence-corrected chi connectivity index (χ0v) is 14.1. The normalized spacial score (nSPS) is 23.5. The average Bonchev–Trinajstić information content (AvgIpc) is 2.98.